The maximum Gasteiger partial charge on any atom is 0.266 e. The molecule has 0 amide bonds. The minimum atomic E-state index is -0.562. The Bertz CT molecular complexity index is 1250. The Morgan fingerprint density at radius 1 is 0.962 bits per heavy atom. The number of H-pyrrole nitrogens is 2. The molecule has 0 aliphatic heterocycles. The third-order valence-electron chi connectivity index (χ3n) is 4.33. The maximum absolute atomic E-state index is 12.5. The molecule has 0 aliphatic carbocycles. The van der Waals surface area contributed by atoms with E-state index in [-0.39, 0.29) is 28.2 Å². The summed E-state index contributed by atoms with van der Waals surface area (Å²) in [5.41, 5.74) is 1.96. The highest BCUT2D eigenvalue weighted by Crippen LogP contribution is 2.38. The Kier molecular flexibility index (Phi) is 3.48. The molecule has 26 heavy (non-hydrogen) atoms. The fourth-order valence-electron chi connectivity index (χ4n) is 3.07. The molecule has 6 heteroatoms. The van der Waals surface area contributed by atoms with Crippen molar-refractivity contribution in [3.63, 3.8) is 0 Å². The molecular weight excluding hydrogens is 330 g/mol. The molecule has 2 aromatic heterocycles. The lowest BCUT2D eigenvalue weighted by Gasteiger charge is -2.10. The largest absolute Gasteiger partial charge is 0.504 e. The highest BCUT2D eigenvalue weighted by molar-refractivity contribution is 5.95. The molecule has 4 aromatic rings. The van der Waals surface area contributed by atoms with Crippen LogP contribution in [0.2, 0.25) is 0 Å². The van der Waals surface area contributed by atoms with Gasteiger partial charge < -0.3 is 20.2 Å². The van der Waals surface area contributed by atoms with Crippen LogP contribution in [0, 0.1) is 11.3 Å². The first-order chi connectivity index (χ1) is 12.6. The lowest BCUT2D eigenvalue weighted by atomic mass is 9.98. The summed E-state index contributed by atoms with van der Waals surface area (Å²) in [7, 11) is 0. The van der Waals surface area contributed by atoms with Crippen LogP contribution in [0.4, 0.5) is 0 Å². The van der Waals surface area contributed by atoms with Crippen LogP contribution < -0.4 is 5.56 Å². The number of phenolic OH excluding ortho intramolecular Hbond substituents is 2. The fourth-order valence-corrected chi connectivity index (χ4v) is 3.07. The summed E-state index contributed by atoms with van der Waals surface area (Å²) in [6, 6.07) is 15.6. The van der Waals surface area contributed by atoms with Crippen LogP contribution in [0.15, 0.2) is 59.5 Å². The number of aromatic nitrogens is 2. The van der Waals surface area contributed by atoms with Crippen LogP contribution >= 0.6 is 0 Å². The topological polar surface area (TPSA) is 113 Å². The standard InChI is InChI=1S/C20H13N3O3/c21-9-14-13(12-5-3-7-18(24)19(12)25)8-17(23-20(14)26)15-10-22-16-6-2-1-4-11(15)16/h1-8,10,22,24-25H,(H,23,26). The van der Waals surface area contributed by atoms with Gasteiger partial charge in [-0.3, -0.25) is 4.79 Å². The minimum Gasteiger partial charge on any atom is -0.504 e. The molecule has 0 saturated carbocycles. The van der Waals surface area contributed by atoms with Gasteiger partial charge in [-0.25, -0.2) is 0 Å². The molecule has 0 atom stereocenters. The third-order valence-corrected chi connectivity index (χ3v) is 4.33. The summed E-state index contributed by atoms with van der Waals surface area (Å²) in [5, 5.41) is 30.3. The number of aromatic amines is 2. The zero-order valence-electron chi connectivity index (χ0n) is 13.4. The zero-order valence-corrected chi connectivity index (χ0v) is 13.4. The molecular formula is C20H13N3O3. The van der Waals surface area contributed by atoms with Crippen molar-refractivity contribution in [3.05, 3.63) is 70.6 Å². The molecule has 2 aromatic carbocycles. The number of fused-ring (bicyclic) bond motifs is 1. The summed E-state index contributed by atoms with van der Waals surface area (Å²) in [6.45, 7) is 0. The predicted molar refractivity (Wildman–Crippen MR) is 97.8 cm³/mol. The molecule has 0 saturated heterocycles. The van der Waals surface area contributed by atoms with Gasteiger partial charge in [0.15, 0.2) is 11.5 Å². The van der Waals surface area contributed by atoms with Gasteiger partial charge >= 0.3 is 0 Å². The molecule has 6 nitrogen and oxygen atoms in total. The van der Waals surface area contributed by atoms with Gasteiger partial charge in [0.1, 0.15) is 11.6 Å². The molecule has 4 N–H and O–H groups in total. The van der Waals surface area contributed by atoms with Crippen LogP contribution in [0.5, 0.6) is 11.5 Å². The lowest BCUT2D eigenvalue weighted by molar-refractivity contribution is 0.405. The maximum atomic E-state index is 12.5. The average Bonchev–Trinajstić information content (AvgIpc) is 3.07. The highest BCUT2D eigenvalue weighted by Gasteiger charge is 2.18. The van der Waals surface area contributed by atoms with Crippen molar-refractivity contribution >= 4 is 10.9 Å². The van der Waals surface area contributed by atoms with E-state index < -0.39 is 5.56 Å². The van der Waals surface area contributed by atoms with Crippen LogP contribution in [-0.2, 0) is 0 Å². The Hall–Kier alpha value is -3.98. The highest BCUT2D eigenvalue weighted by atomic mass is 16.3. The van der Waals surface area contributed by atoms with Crippen molar-refractivity contribution in [1.29, 1.82) is 5.26 Å². The van der Waals surface area contributed by atoms with Crippen LogP contribution in [0.1, 0.15) is 5.56 Å². The number of pyridine rings is 1. The van der Waals surface area contributed by atoms with Crippen LogP contribution in [0.3, 0.4) is 0 Å². The van der Waals surface area contributed by atoms with Crippen molar-refractivity contribution in [1.82, 2.24) is 9.97 Å². The summed E-state index contributed by atoms with van der Waals surface area (Å²) in [5.74, 6) is -0.695. The van der Waals surface area contributed by atoms with Crippen molar-refractivity contribution in [2.45, 2.75) is 0 Å². The molecule has 4 rings (SSSR count). The van der Waals surface area contributed by atoms with E-state index in [9.17, 15) is 20.3 Å². The first-order valence-corrected chi connectivity index (χ1v) is 7.85. The first-order valence-electron chi connectivity index (χ1n) is 7.85. The number of nitrogens with one attached hydrogen (secondary N) is 2. The summed E-state index contributed by atoms with van der Waals surface area (Å²) >= 11 is 0. The van der Waals surface area contributed by atoms with Crippen molar-refractivity contribution in [2.75, 3.05) is 0 Å². The zero-order chi connectivity index (χ0) is 18.3. The fraction of sp³-hybridized carbons (Fsp3) is 0. The van der Waals surface area contributed by atoms with E-state index in [2.05, 4.69) is 9.97 Å². The number of aromatic hydroxyl groups is 2. The van der Waals surface area contributed by atoms with E-state index in [1.165, 1.54) is 12.1 Å². The number of benzene rings is 2. The minimum absolute atomic E-state index is 0.130. The molecule has 0 fully saturated rings. The van der Waals surface area contributed by atoms with Gasteiger partial charge in [0.25, 0.3) is 5.56 Å². The number of para-hydroxylation sites is 2. The SMILES string of the molecule is N#Cc1c(-c2cccc(O)c2O)cc(-c2c[nH]c3ccccc23)[nH]c1=O. The summed E-state index contributed by atoms with van der Waals surface area (Å²) in [6.07, 6.45) is 1.77. The van der Waals surface area contributed by atoms with E-state index in [1.807, 2.05) is 30.3 Å². The number of nitrogens with zero attached hydrogens (tertiary/aromatic N) is 1. The second kappa shape index (κ2) is 5.83. The Labute approximate surface area is 147 Å². The van der Waals surface area contributed by atoms with Gasteiger partial charge in [-0.1, -0.05) is 30.3 Å². The van der Waals surface area contributed by atoms with Gasteiger partial charge in [0.2, 0.25) is 0 Å². The van der Waals surface area contributed by atoms with Crippen molar-refractivity contribution < 1.29 is 10.2 Å². The van der Waals surface area contributed by atoms with Crippen LogP contribution in [-0.4, -0.2) is 20.2 Å². The molecule has 126 valence electrons. The number of phenols is 2. The van der Waals surface area contributed by atoms with Crippen molar-refractivity contribution in [3.8, 4) is 40.0 Å². The second-order valence-electron chi connectivity index (χ2n) is 5.83. The molecule has 0 unspecified atom stereocenters. The van der Waals surface area contributed by atoms with Gasteiger partial charge in [-0.2, -0.15) is 5.26 Å². The average molecular weight is 343 g/mol. The number of rotatable bonds is 2. The van der Waals surface area contributed by atoms with E-state index in [0.717, 1.165) is 16.5 Å². The van der Waals surface area contributed by atoms with Gasteiger partial charge in [-0.15, -0.1) is 0 Å². The Balaban J connectivity index is 2.03. The van der Waals surface area contributed by atoms with Gasteiger partial charge in [-0.05, 0) is 18.2 Å². The summed E-state index contributed by atoms with van der Waals surface area (Å²) < 4.78 is 0. The normalized spacial score (nSPS) is 10.7. The third kappa shape index (κ3) is 2.31. The Morgan fingerprint density at radius 2 is 1.77 bits per heavy atom. The molecule has 2 heterocycles. The molecule has 0 spiro atoms. The van der Waals surface area contributed by atoms with Gasteiger partial charge in [0, 0.05) is 33.8 Å². The number of hydrogen-bond acceptors (Lipinski definition) is 4. The van der Waals surface area contributed by atoms with Crippen molar-refractivity contribution in [2.24, 2.45) is 0 Å². The monoisotopic (exact) mass is 343 g/mol. The predicted octanol–water partition coefficient (Wildman–Crippen LogP) is 3.47. The lowest BCUT2D eigenvalue weighted by Crippen LogP contribution is -2.12. The Morgan fingerprint density at radius 3 is 2.58 bits per heavy atom. The molecule has 0 radical (unpaired) electrons. The van der Waals surface area contributed by atoms with Crippen LogP contribution in [0.25, 0.3) is 33.3 Å². The molecule has 0 bridgehead atoms. The van der Waals surface area contributed by atoms with E-state index in [1.54, 1.807) is 18.3 Å². The molecule has 0 aliphatic rings. The van der Waals surface area contributed by atoms with E-state index in [4.69, 9.17) is 0 Å². The quantitative estimate of drug-likeness (QED) is 0.417. The van der Waals surface area contributed by atoms with Gasteiger partial charge in [0.05, 0.1) is 5.69 Å². The van der Waals surface area contributed by atoms with E-state index in [0.29, 0.717) is 5.69 Å². The first kappa shape index (κ1) is 15.5. The number of nitriles is 1. The smallest absolute Gasteiger partial charge is 0.266 e. The second-order valence-corrected chi connectivity index (χ2v) is 5.83. The summed E-state index contributed by atoms with van der Waals surface area (Å²) in [4.78, 5) is 18.3. The van der Waals surface area contributed by atoms with E-state index >= 15 is 0 Å². The number of hydrogen-bond donors (Lipinski definition) is 4.